The van der Waals surface area contributed by atoms with Crippen molar-refractivity contribution in [3.63, 3.8) is 0 Å². The van der Waals surface area contributed by atoms with Crippen molar-refractivity contribution in [1.29, 1.82) is 0 Å². The summed E-state index contributed by atoms with van der Waals surface area (Å²) in [6.45, 7) is 10.1. The number of halogens is 1. The number of nitrogens with zero attached hydrogens (tertiary/aromatic N) is 1. The maximum atomic E-state index is 6.36. The van der Waals surface area contributed by atoms with Crippen molar-refractivity contribution in [2.75, 3.05) is 13.1 Å². The topological polar surface area (TPSA) is 15.3 Å². The van der Waals surface area contributed by atoms with Gasteiger partial charge in [0.1, 0.15) is 0 Å². The molecule has 2 rings (SSSR count). The predicted octanol–water partition coefficient (Wildman–Crippen LogP) is 4.33. The van der Waals surface area contributed by atoms with Crippen molar-refractivity contribution in [2.24, 2.45) is 5.92 Å². The molecular weight excluding hydrogens is 280 g/mol. The molecule has 118 valence electrons. The summed E-state index contributed by atoms with van der Waals surface area (Å²) in [4.78, 5) is 2.65. The van der Waals surface area contributed by atoms with Gasteiger partial charge in [0.05, 0.1) is 0 Å². The van der Waals surface area contributed by atoms with Crippen LogP contribution in [0.5, 0.6) is 0 Å². The number of nitrogens with one attached hydrogen (secondary N) is 1. The third kappa shape index (κ3) is 4.45. The van der Waals surface area contributed by atoms with E-state index in [0.717, 1.165) is 24.7 Å². The van der Waals surface area contributed by atoms with E-state index in [0.29, 0.717) is 18.0 Å². The lowest BCUT2D eigenvalue weighted by Crippen LogP contribution is -2.58. The fraction of sp³-hybridized carbons (Fsp3) is 0.667. The Hall–Kier alpha value is -0.570. The molecule has 1 fully saturated rings. The molecule has 1 aliphatic rings. The second kappa shape index (κ2) is 8.17. The lowest BCUT2D eigenvalue weighted by Gasteiger charge is -2.43. The Morgan fingerprint density at radius 3 is 2.76 bits per heavy atom. The summed E-state index contributed by atoms with van der Waals surface area (Å²) in [6, 6.07) is 9.49. The van der Waals surface area contributed by atoms with Crippen molar-refractivity contribution in [3.8, 4) is 0 Å². The van der Waals surface area contributed by atoms with Crippen LogP contribution in [0.4, 0.5) is 0 Å². The molecule has 3 unspecified atom stereocenters. The summed E-state index contributed by atoms with van der Waals surface area (Å²) >= 11 is 6.36. The molecule has 0 saturated carbocycles. The van der Waals surface area contributed by atoms with E-state index in [4.69, 9.17) is 11.6 Å². The second-order valence-electron chi connectivity index (χ2n) is 6.37. The van der Waals surface area contributed by atoms with E-state index >= 15 is 0 Å². The molecule has 1 aromatic rings. The lowest BCUT2D eigenvalue weighted by atomic mass is 9.93. The molecule has 0 amide bonds. The number of rotatable bonds is 6. The number of benzene rings is 1. The highest BCUT2D eigenvalue weighted by molar-refractivity contribution is 6.31. The summed E-state index contributed by atoms with van der Waals surface area (Å²) in [5, 5.41) is 4.64. The second-order valence-corrected chi connectivity index (χ2v) is 6.77. The first kappa shape index (κ1) is 16.8. The third-order valence-corrected chi connectivity index (χ3v) is 5.18. The van der Waals surface area contributed by atoms with E-state index in [1.54, 1.807) is 0 Å². The van der Waals surface area contributed by atoms with Gasteiger partial charge in [0.25, 0.3) is 0 Å². The van der Waals surface area contributed by atoms with Crippen molar-refractivity contribution in [1.82, 2.24) is 10.2 Å². The van der Waals surface area contributed by atoms with Gasteiger partial charge < -0.3 is 5.32 Å². The highest BCUT2D eigenvalue weighted by atomic mass is 35.5. The largest absolute Gasteiger partial charge is 0.311 e. The Balaban J connectivity index is 2.11. The van der Waals surface area contributed by atoms with Crippen LogP contribution >= 0.6 is 11.6 Å². The molecule has 0 aromatic heterocycles. The van der Waals surface area contributed by atoms with Crippen LogP contribution in [0.25, 0.3) is 0 Å². The molecule has 1 aromatic carbocycles. The standard InChI is InChI=1S/C18H29ClN2/c1-4-8-16-13-21(18(11-20-16)14(3)5-2)12-15-9-6-7-10-17(15)19/h6-7,9-10,14,16,18,20H,4-5,8,11-13H2,1-3H3. The summed E-state index contributed by atoms with van der Waals surface area (Å²) in [7, 11) is 0. The van der Waals surface area contributed by atoms with Gasteiger partial charge in [-0.15, -0.1) is 0 Å². The Kier molecular flexibility index (Phi) is 6.53. The maximum absolute atomic E-state index is 6.36. The first-order chi connectivity index (χ1) is 10.2. The molecule has 3 heteroatoms. The average molecular weight is 309 g/mol. The molecule has 3 atom stereocenters. The molecule has 1 aliphatic heterocycles. The zero-order valence-corrected chi connectivity index (χ0v) is 14.4. The van der Waals surface area contributed by atoms with E-state index in [2.05, 4.69) is 43.1 Å². The molecule has 21 heavy (non-hydrogen) atoms. The summed E-state index contributed by atoms with van der Waals surface area (Å²) < 4.78 is 0. The van der Waals surface area contributed by atoms with Crippen LogP contribution in [0.1, 0.15) is 45.6 Å². The smallest absolute Gasteiger partial charge is 0.0451 e. The van der Waals surface area contributed by atoms with Gasteiger partial charge in [-0.25, -0.2) is 0 Å². The van der Waals surface area contributed by atoms with Gasteiger partial charge in [0, 0.05) is 36.7 Å². The van der Waals surface area contributed by atoms with Gasteiger partial charge in [0.15, 0.2) is 0 Å². The van der Waals surface area contributed by atoms with Gasteiger partial charge in [-0.1, -0.05) is 63.4 Å². The minimum Gasteiger partial charge on any atom is -0.311 e. The normalized spacial score (nSPS) is 25.0. The Labute approximate surface area is 134 Å². The van der Waals surface area contributed by atoms with Gasteiger partial charge in [0.2, 0.25) is 0 Å². The third-order valence-electron chi connectivity index (χ3n) is 4.81. The minimum absolute atomic E-state index is 0.611. The zero-order valence-electron chi connectivity index (χ0n) is 13.6. The van der Waals surface area contributed by atoms with E-state index in [1.165, 1.54) is 24.8 Å². The monoisotopic (exact) mass is 308 g/mol. The molecule has 1 N–H and O–H groups in total. The van der Waals surface area contributed by atoms with Gasteiger partial charge in [-0.05, 0) is 24.0 Å². The van der Waals surface area contributed by atoms with Crippen LogP contribution in [0.3, 0.4) is 0 Å². The molecule has 0 bridgehead atoms. The SMILES string of the molecule is CCCC1CN(Cc2ccccc2Cl)C(C(C)CC)CN1. The van der Waals surface area contributed by atoms with Crippen molar-refractivity contribution in [3.05, 3.63) is 34.9 Å². The van der Waals surface area contributed by atoms with Gasteiger partial charge in [-0.2, -0.15) is 0 Å². The van der Waals surface area contributed by atoms with Crippen LogP contribution in [0, 0.1) is 5.92 Å². The van der Waals surface area contributed by atoms with Crippen LogP contribution in [0.15, 0.2) is 24.3 Å². The Bertz CT molecular complexity index is 435. The van der Waals surface area contributed by atoms with Gasteiger partial charge >= 0.3 is 0 Å². The van der Waals surface area contributed by atoms with Crippen LogP contribution in [0.2, 0.25) is 5.02 Å². The Morgan fingerprint density at radius 2 is 2.10 bits per heavy atom. The van der Waals surface area contributed by atoms with E-state index in [9.17, 15) is 0 Å². The van der Waals surface area contributed by atoms with Crippen LogP contribution < -0.4 is 5.32 Å². The molecule has 0 aliphatic carbocycles. The molecule has 1 heterocycles. The van der Waals surface area contributed by atoms with Crippen molar-refractivity contribution < 1.29 is 0 Å². The zero-order chi connectivity index (χ0) is 15.2. The number of piperazine rings is 1. The first-order valence-corrected chi connectivity index (χ1v) is 8.74. The Morgan fingerprint density at radius 1 is 1.33 bits per heavy atom. The van der Waals surface area contributed by atoms with E-state index < -0.39 is 0 Å². The molecule has 0 spiro atoms. The van der Waals surface area contributed by atoms with Gasteiger partial charge in [-0.3, -0.25) is 4.90 Å². The van der Waals surface area contributed by atoms with E-state index in [1.807, 2.05) is 12.1 Å². The summed E-state index contributed by atoms with van der Waals surface area (Å²) in [6.07, 6.45) is 3.72. The predicted molar refractivity (Wildman–Crippen MR) is 91.8 cm³/mol. The fourth-order valence-corrected chi connectivity index (χ4v) is 3.50. The lowest BCUT2D eigenvalue weighted by molar-refractivity contribution is 0.0819. The molecular formula is C18H29ClN2. The highest BCUT2D eigenvalue weighted by Gasteiger charge is 2.30. The van der Waals surface area contributed by atoms with Crippen molar-refractivity contribution in [2.45, 2.75) is 58.7 Å². The minimum atomic E-state index is 0.611. The van der Waals surface area contributed by atoms with E-state index in [-0.39, 0.29) is 0 Å². The van der Waals surface area contributed by atoms with Crippen LogP contribution in [-0.4, -0.2) is 30.1 Å². The number of hydrogen-bond donors (Lipinski definition) is 1. The summed E-state index contributed by atoms with van der Waals surface area (Å²) in [5.41, 5.74) is 1.25. The quantitative estimate of drug-likeness (QED) is 0.841. The van der Waals surface area contributed by atoms with Crippen LogP contribution in [-0.2, 0) is 6.54 Å². The molecule has 0 radical (unpaired) electrons. The molecule has 1 saturated heterocycles. The number of hydrogen-bond acceptors (Lipinski definition) is 2. The molecule has 2 nitrogen and oxygen atoms in total. The van der Waals surface area contributed by atoms with Crippen molar-refractivity contribution >= 4 is 11.6 Å². The highest BCUT2D eigenvalue weighted by Crippen LogP contribution is 2.24. The maximum Gasteiger partial charge on any atom is 0.0451 e. The first-order valence-electron chi connectivity index (χ1n) is 8.36. The summed E-state index contributed by atoms with van der Waals surface area (Å²) in [5.74, 6) is 0.711. The average Bonchev–Trinajstić information content (AvgIpc) is 2.49. The fourth-order valence-electron chi connectivity index (χ4n) is 3.30.